The van der Waals surface area contributed by atoms with Crippen molar-refractivity contribution >= 4 is 5.78 Å². The number of carbonyl (C=O) groups is 1. The van der Waals surface area contributed by atoms with E-state index < -0.39 is 29.6 Å². The van der Waals surface area contributed by atoms with Crippen molar-refractivity contribution in [2.24, 2.45) is 5.92 Å². The average Bonchev–Trinajstić information content (AvgIpc) is 2.13. The van der Waals surface area contributed by atoms with Gasteiger partial charge in [-0.2, -0.15) is 26.3 Å². The Morgan fingerprint density at radius 3 is 2.06 bits per heavy atom. The van der Waals surface area contributed by atoms with Crippen molar-refractivity contribution in [1.82, 2.24) is 4.98 Å². The molecule has 0 spiro atoms. The molecule has 0 atom stereocenters. The van der Waals surface area contributed by atoms with Gasteiger partial charge in [-0.15, -0.1) is 0 Å². The van der Waals surface area contributed by atoms with Crippen LogP contribution in [0.15, 0.2) is 18.5 Å². The van der Waals surface area contributed by atoms with Crippen molar-refractivity contribution in [2.75, 3.05) is 0 Å². The summed E-state index contributed by atoms with van der Waals surface area (Å²) in [6.07, 6.45) is -9.50. The molecule has 8 heteroatoms. The fourth-order valence-electron chi connectivity index (χ4n) is 1.36. The minimum Gasteiger partial charge on any atom is -0.293 e. The molecule has 2 nitrogen and oxygen atoms in total. The van der Waals surface area contributed by atoms with Crippen LogP contribution in [-0.2, 0) is 0 Å². The molecule has 100 valence electrons. The first-order chi connectivity index (χ1) is 8.05. The maximum Gasteiger partial charge on any atom is 0.407 e. The molecule has 0 aliphatic heterocycles. The number of aromatic nitrogens is 1. The minimum atomic E-state index is -5.68. The summed E-state index contributed by atoms with van der Waals surface area (Å²) in [4.78, 5) is 14.7. The van der Waals surface area contributed by atoms with Crippen molar-refractivity contribution in [2.45, 2.75) is 19.3 Å². The molecule has 0 amide bonds. The highest BCUT2D eigenvalue weighted by molar-refractivity contribution is 5.99. The number of hydrogen-bond acceptors (Lipinski definition) is 2. The lowest BCUT2D eigenvalue weighted by Crippen LogP contribution is -2.42. The third-order valence-corrected chi connectivity index (χ3v) is 2.22. The van der Waals surface area contributed by atoms with Crippen LogP contribution in [-0.4, -0.2) is 23.1 Å². The molecule has 1 rings (SSSR count). The van der Waals surface area contributed by atoms with E-state index in [0.717, 1.165) is 6.07 Å². The van der Waals surface area contributed by atoms with E-state index in [4.69, 9.17) is 0 Å². The molecule has 18 heavy (non-hydrogen) atoms. The third-order valence-electron chi connectivity index (χ3n) is 2.22. The highest BCUT2D eigenvalue weighted by Crippen LogP contribution is 2.41. The number of Topliss-reactive ketones (excluding diaryl/α,β-unsaturated/α-hetero) is 1. The zero-order valence-corrected chi connectivity index (χ0v) is 8.93. The van der Waals surface area contributed by atoms with Gasteiger partial charge in [0, 0.05) is 18.0 Å². The number of pyridine rings is 1. The summed E-state index contributed by atoms with van der Waals surface area (Å²) < 4.78 is 73.9. The second-order valence-electron chi connectivity index (χ2n) is 3.57. The Morgan fingerprint density at radius 1 is 1.17 bits per heavy atom. The Morgan fingerprint density at radius 2 is 1.67 bits per heavy atom. The number of rotatable bonds is 2. The summed E-state index contributed by atoms with van der Waals surface area (Å²) >= 11 is 0. The standard InChI is InChI=1S/C10H7F6NO/c1-5-2-3-17-4-6(5)7(18)8(9(11,12)13)10(14,15)16/h2-4,8H,1H3. The highest BCUT2D eigenvalue weighted by Gasteiger charge is 2.61. The molecule has 1 aromatic rings. The fraction of sp³-hybridized carbons (Fsp3) is 0.400. The molecule has 0 aromatic carbocycles. The SMILES string of the molecule is Cc1ccncc1C(=O)C(C(F)(F)F)C(F)(F)F. The lowest BCUT2D eigenvalue weighted by Gasteiger charge is -2.22. The molecule has 0 saturated carbocycles. The minimum absolute atomic E-state index is 0.00787. The number of aryl methyl sites for hydroxylation is 1. The lowest BCUT2D eigenvalue weighted by atomic mass is 9.95. The van der Waals surface area contributed by atoms with Gasteiger partial charge in [0.15, 0.2) is 5.78 Å². The Hall–Kier alpha value is -1.60. The monoisotopic (exact) mass is 271 g/mol. The zero-order chi connectivity index (χ0) is 14.1. The lowest BCUT2D eigenvalue weighted by molar-refractivity contribution is -0.264. The van der Waals surface area contributed by atoms with Crippen LogP contribution in [0.5, 0.6) is 0 Å². The van der Waals surface area contributed by atoms with Crippen molar-refractivity contribution < 1.29 is 31.1 Å². The smallest absolute Gasteiger partial charge is 0.293 e. The van der Waals surface area contributed by atoms with Crippen LogP contribution >= 0.6 is 0 Å². The van der Waals surface area contributed by atoms with E-state index in [2.05, 4.69) is 4.98 Å². The van der Waals surface area contributed by atoms with Crippen molar-refractivity contribution in [3.8, 4) is 0 Å². The number of carbonyl (C=O) groups excluding carboxylic acids is 1. The van der Waals surface area contributed by atoms with Crippen molar-refractivity contribution in [1.29, 1.82) is 0 Å². The van der Waals surface area contributed by atoms with Crippen LogP contribution in [0.1, 0.15) is 15.9 Å². The summed E-state index contributed by atoms with van der Waals surface area (Å²) in [6, 6.07) is 1.16. The molecule has 0 bridgehead atoms. The second kappa shape index (κ2) is 4.58. The largest absolute Gasteiger partial charge is 0.407 e. The molecule has 0 saturated heterocycles. The van der Waals surface area contributed by atoms with Crippen LogP contribution in [0.25, 0.3) is 0 Å². The quantitative estimate of drug-likeness (QED) is 0.610. The summed E-state index contributed by atoms with van der Waals surface area (Å²) in [7, 11) is 0. The molecule has 1 heterocycles. The van der Waals surface area contributed by atoms with E-state index in [1.165, 1.54) is 13.1 Å². The zero-order valence-electron chi connectivity index (χ0n) is 8.93. The molecule has 0 N–H and O–H groups in total. The molecule has 1 aromatic heterocycles. The number of hydrogen-bond donors (Lipinski definition) is 0. The summed E-state index contributed by atoms with van der Waals surface area (Å²) in [6.45, 7) is 1.23. The third kappa shape index (κ3) is 2.99. The number of alkyl halides is 6. The van der Waals surface area contributed by atoms with E-state index in [9.17, 15) is 31.1 Å². The van der Waals surface area contributed by atoms with Crippen LogP contribution in [0.4, 0.5) is 26.3 Å². The predicted molar refractivity (Wildman–Crippen MR) is 48.9 cm³/mol. The fourth-order valence-corrected chi connectivity index (χ4v) is 1.36. The average molecular weight is 271 g/mol. The van der Waals surface area contributed by atoms with Gasteiger partial charge in [0.25, 0.3) is 0 Å². The first-order valence-electron chi connectivity index (χ1n) is 4.63. The van der Waals surface area contributed by atoms with E-state index in [0.29, 0.717) is 6.20 Å². The van der Waals surface area contributed by atoms with Crippen molar-refractivity contribution in [3.63, 3.8) is 0 Å². The van der Waals surface area contributed by atoms with Crippen LogP contribution in [0.3, 0.4) is 0 Å². The van der Waals surface area contributed by atoms with E-state index >= 15 is 0 Å². The van der Waals surface area contributed by atoms with E-state index in [1.807, 2.05) is 0 Å². The Balaban J connectivity index is 3.25. The summed E-state index contributed by atoms with van der Waals surface area (Å²) in [5, 5.41) is 0. The van der Waals surface area contributed by atoms with Crippen LogP contribution in [0, 0.1) is 12.8 Å². The number of nitrogens with zero attached hydrogens (tertiary/aromatic N) is 1. The molecule has 0 aliphatic rings. The van der Waals surface area contributed by atoms with Gasteiger partial charge in [-0.1, -0.05) is 0 Å². The van der Waals surface area contributed by atoms with Gasteiger partial charge < -0.3 is 0 Å². The van der Waals surface area contributed by atoms with Crippen molar-refractivity contribution in [3.05, 3.63) is 29.6 Å². The Kier molecular flexibility index (Phi) is 3.68. The number of halogens is 6. The van der Waals surface area contributed by atoms with E-state index in [-0.39, 0.29) is 5.56 Å². The van der Waals surface area contributed by atoms with Crippen LogP contribution in [0.2, 0.25) is 0 Å². The van der Waals surface area contributed by atoms with Gasteiger partial charge in [0.1, 0.15) is 0 Å². The Bertz CT molecular complexity index is 436. The Labute approximate surface area is 97.6 Å². The van der Waals surface area contributed by atoms with Gasteiger partial charge in [-0.3, -0.25) is 9.78 Å². The van der Waals surface area contributed by atoms with Gasteiger partial charge >= 0.3 is 12.4 Å². The summed E-state index contributed by atoms with van der Waals surface area (Å²) in [5.74, 6) is -6.06. The molecule has 0 fully saturated rings. The normalized spacial score (nSPS) is 12.9. The molecule has 0 radical (unpaired) electrons. The maximum atomic E-state index is 12.3. The van der Waals surface area contributed by atoms with Gasteiger partial charge in [-0.25, -0.2) is 0 Å². The maximum absolute atomic E-state index is 12.3. The molecular weight excluding hydrogens is 264 g/mol. The van der Waals surface area contributed by atoms with E-state index in [1.54, 1.807) is 0 Å². The molecule has 0 unspecified atom stereocenters. The molecular formula is C10H7F6NO. The highest BCUT2D eigenvalue weighted by atomic mass is 19.4. The van der Waals surface area contributed by atoms with Gasteiger partial charge in [0.05, 0.1) is 0 Å². The second-order valence-corrected chi connectivity index (χ2v) is 3.57. The topological polar surface area (TPSA) is 30.0 Å². The first-order valence-corrected chi connectivity index (χ1v) is 4.63. The number of ketones is 1. The van der Waals surface area contributed by atoms with Crippen LogP contribution < -0.4 is 0 Å². The first kappa shape index (κ1) is 14.5. The predicted octanol–water partition coefficient (Wildman–Crippen LogP) is 3.31. The molecule has 0 aliphatic carbocycles. The van der Waals surface area contributed by atoms with Gasteiger partial charge in [0.2, 0.25) is 5.92 Å². The van der Waals surface area contributed by atoms with Gasteiger partial charge in [-0.05, 0) is 18.6 Å². The summed E-state index contributed by atoms with van der Waals surface area (Å²) in [5.41, 5.74) is -0.675.